The first-order valence-electron chi connectivity index (χ1n) is 4.26. The minimum atomic E-state index is -0.135. The van der Waals surface area contributed by atoms with Crippen LogP contribution in [0, 0.1) is 5.82 Å². The van der Waals surface area contributed by atoms with Crippen LogP contribution in [0.3, 0.4) is 0 Å². The molecular formula is C10H12FN. The highest BCUT2D eigenvalue weighted by Gasteiger charge is 2.15. The number of halogens is 1. The Morgan fingerprint density at radius 3 is 3.17 bits per heavy atom. The number of benzene rings is 1. The summed E-state index contributed by atoms with van der Waals surface area (Å²) in [6.45, 7) is 3.96. The molecule has 0 aromatic heterocycles. The van der Waals surface area contributed by atoms with Crippen molar-refractivity contribution in [3.8, 4) is 0 Å². The van der Waals surface area contributed by atoms with Crippen LogP contribution in [0.1, 0.15) is 24.0 Å². The van der Waals surface area contributed by atoms with Crippen molar-refractivity contribution in [2.24, 2.45) is 0 Å². The van der Waals surface area contributed by atoms with E-state index in [1.54, 1.807) is 12.1 Å². The first kappa shape index (κ1) is 7.74. The van der Waals surface area contributed by atoms with Gasteiger partial charge < -0.3 is 5.32 Å². The van der Waals surface area contributed by atoms with Gasteiger partial charge in [0.15, 0.2) is 0 Å². The van der Waals surface area contributed by atoms with E-state index in [-0.39, 0.29) is 5.82 Å². The summed E-state index contributed by atoms with van der Waals surface area (Å²) in [5.74, 6) is 0.374. The van der Waals surface area contributed by atoms with Crippen molar-refractivity contribution in [2.75, 3.05) is 6.54 Å². The third-order valence-corrected chi connectivity index (χ3v) is 2.40. The Balaban J connectivity index is 2.46. The second-order valence-corrected chi connectivity index (χ2v) is 3.38. The van der Waals surface area contributed by atoms with Crippen LogP contribution in [0.25, 0.3) is 0 Å². The Morgan fingerprint density at radius 2 is 2.33 bits per heavy atom. The zero-order valence-electron chi connectivity index (χ0n) is 7.10. The largest absolute Gasteiger partial charge is 0.312 e. The van der Waals surface area contributed by atoms with Crippen molar-refractivity contribution in [3.63, 3.8) is 0 Å². The maximum absolute atomic E-state index is 12.8. The van der Waals surface area contributed by atoms with Gasteiger partial charge in [-0.3, -0.25) is 0 Å². The zero-order chi connectivity index (χ0) is 8.55. The summed E-state index contributed by atoms with van der Waals surface area (Å²) in [6, 6.07) is 5.06. The van der Waals surface area contributed by atoms with E-state index in [0.717, 1.165) is 18.7 Å². The highest BCUT2D eigenvalue weighted by Crippen LogP contribution is 2.23. The average molecular weight is 165 g/mol. The molecule has 1 atom stereocenters. The molecule has 1 aromatic carbocycles. The molecule has 1 aliphatic rings. The molecule has 0 amide bonds. The topological polar surface area (TPSA) is 12.0 Å². The highest BCUT2D eigenvalue weighted by atomic mass is 19.1. The molecule has 1 aromatic rings. The molecule has 64 valence electrons. The van der Waals surface area contributed by atoms with E-state index in [0.29, 0.717) is 5.92 Å². The van der Waals surface area contributed by atoms with Crippen LogP contribution in [0.4, 0.5) is 4.39 Å². The molecule has 0 aliphatic carbocycles. The zero-order valence-corrected chi connectivity index (χ0v) is 7.10. The van der Waals surface area contributed by atoms with E-state index < -0.39 is 0 Å². The third-order valence-electron chi connectivity index (χ3n) is 2.40. The van der Waals surface area contributed by atoms with E-state index in [1.807, 2.05) is 6.07 Å². The number of hydrogen-bond acceptors (Lipinski definition) is 1. The summed E-state index contributed by atoms with van der Waals surface area (Å²) in [7, 11) is 0. The molecular weight excluding hydrogens is 153 g/mol. The molecule has 1 aliphatic heterocycles. The lowest BCUT2D eigenvalue weighted by atomic mass is 9.92. The van der Waals surface area contributed by atoms with E-state index in [2.05, 4.69) is 12.2 Å². The Labute approximate surface area is 71.6 Å². The number of fused-ring (bicyclic) bond motifs is 1. The molecule has 2 heteroatoms. The molecule has 0 saturated carbocycles. The van der Waals surface area contributed by atoms with Crippen LogP contribution < -0.4 is 5.32 Å². The molecule has 0 saturated heterocycles. The van der Waals surface area contributed by atoms with Crippen LogP contribution in [0.15, 0.2) is 18.2 Å². The van der Waals surface area contributed by atoms with Crippen LogP contribution >= 0.6 is 0 Å². The summed E-state index contributed by atoms with van der Waals surface area (Å²) in [4.78, 5) is 0. The lowest BCUT2D eigenvalue weighted by Crippen LogP contribution is -2.26. The van der Waals surface area contributed by atoms with Gasteiger partial charge in [0.05, 0.1) is 0 Å². The van der Waals surface area contributed by atoms with E-state index in [9.17, 15) is 4.39 Å². The maximum Gasteiger partial charge on any atom is 0.123 e. The molecule has 0 fully saturated rings. The van der Waals surface area contributed by atoms with Gasteiger partial charge in [-0.05, 0) is 29.2 Å². The molecule has 2 rings (SSSR count). The van der Waals surface area contributed by atoms with E-state index in [4.69, 9.17) is 0 Å². The number of hydrogen-bond donors (Lipinski definition) is 1. The van der Waals surface area contributed by atoms with Crippen molar-refractivity contribution in [3.05, 3.63) is 35.1 Å². The maximum atomic E-state index is 12.8. The molecule has 0 bridgehead atoms. The second-order valence-electron chi connectivity index (χ2n) is 3.38. The summed E-state index contributed by atoms with van der Waals surface area (Å²) in [5, 5.41) is 3.25. The standard InChI is InChI=1S/C10H12FN/c1-7-5-12-6-8-4-9(11)2-3-10(7)8/h2-4,7,12H,5-6H2,1H3. The van der Waals surface area contributed by atoms with E-state index in [1.165, 1.54) is 5.56 Å². The monoisotopic (exact) mass is 165 g/mol. The van der Waals surface area contributed by atoms with Gasteiger partial charge in [0, 0.05) is 13.1 Å². The van der Waals surface area contributed by atoms with Gasteiger partial charge in [-0.1, -0.05) is 13.0 Å². The smallest absolute Gasteiger partial charge is 0.123 e. The molecule has 1 N–H and O–H groups in total. The Hall–Kier alpha value is -0.890. The second kappa shape index (κ2) is 2.87. The first-order valence-corrected chi connectivity index (χ1v) is 4.26. The summed E-state index contributed by atoms with van der Waals surface area (Å²) < 4.78 is 12.8. The van der Waals surface area contributed by atoms with Crippen molar-refractivity contribution >= 4 is 0 Å². The van der Waals surface area contributed by atoms with Crippen LogP contribution in [-0.2, 0) is 6.54 Å². The van der Waals surface area contributed by atoms with Gasteiger partial charge in [0.2, 0.25) is 0 Å². The van der Waals surface area contributed by atoms with Gasteiger partial charge in [-0.15, -0.1) is 0 Å². The Morgan fingerprint density at radius 1 is 1.50 bits per heavy atom. The minimum absolute atomic E-state index is 0.135. The molecule has 12 heavy (non-hydrogen) atoms. The van der Waals surface area contributed by atoms with Crippen LogP contribution in [0.5, 0.6) is 0 Å². The van der Waals surface area contributed by atoms with Gasteiger partial charge in [0.25, 0.3) is 0 Å². The van der Waals surface area contributed by atoms with Crippen LogP contribution in [-0.4, -0.2) is 6.54 Å². The summed E-state index contributed by atoms with van der Waals surface area (Å²) >= 11 is 0. The number of nitrogens with one attached hydrogen (secondary N) is 1. The third kappa shape index (κ3) is 1.23. The predicted molar refractivity (Wildman–Crippen MR) is 46.5 cm³/mol. The Bertz CT molecular complexity index is 296. The SMILES string of the molecule is CC1CNCc2cc(F)ccc21. The quantitative estimate of drug-likeness (QED) is 0.620. The van der Waals surface area contributed by atoms with Gasteiger partial charge in [0.1, 0.15) is 5.82 Å². The normalized spacial score (nSPS) is 22.0. The molecule has 0 radical (unpaired) electrons. The average Bonchev–Trinajstić information content (AvgIpc) is 2.04. The molecule has 1 unspecified atom stereocenters. The van der Waals surface area contributed by atoms with Crippen molar-refractivity contribution in [1.82, 2.24) is 5.32 Å². The van der Waals surface area contributed by atoms with Crippen molar-refractivity contribution in [2.45, 2.75) is 19.4 Å². The molecule has 1 nitrogen and oxygen atoms in total. The number of rotatable bonds is 0. The lowest BCUT2D eigenvalue weighted by molar-refractivity contribution is 0.559. The highest BCUT2D eigenvalue weighted by molar-refractivity contribution is 5.32. The summed E-state index contributed by atoms with van der Waals surface area (Å²) in [5.41, 5.74) is 2.39. The molecule has 1 heterocycles. The predicted octanol–water partition coefficient (Wildman–Crippen LogP) is 2.03. The van der Waals surface area contributed by atoms with Crippen molar-refractivity contribution in [1.29, 1.82) is 0 Å². The van der Waals surface area contributed by atoms with Gasteiger partial charge in [-0.25, -0.2) is 4.39 Å². The first-order chi connectivity index (χ1) is 5.77. The molecule has 0 spiro atoms. The Kier molecular flexibility index (Phi) is 1.85. The van der Waals surface area contributed by atoms with Crippen molar-refractivity contribution < 1.29 is 4.39 Å². The van der Waals surface area contributed by atoms with Gasteiger partial charge >= 0.3 is 0 Å². The minimum Gasteiger partial charge on any atom is -0.312 e. The van der Waals surface area contributed by atoms with Crippen LogP contribution in [0.2, 0.25) is 0 Å². The van der Waals surface area contributed by atoms with Gasteiger partial charge in [-0.2, -0.15) is 0 Å². The fourth-order valence-corrected chi connectivity index (χ4v) is 1.74. The fourth-order valence-electron chi connectivity index (χ4n) is 1.74. The fraction of sp³-hybridized carbons (Fsp3) is 0.400. The summed E-state index contributed by atoms with van der Waals surface area (Å²) in [6.07, 6.45) is 0. The van der Waals surface area contributed by atoms with E-state index >= 15 is 0 Å². The lowest BCUT2D eigenvalue weighted by Gasteiger charge is -2.23.